The maximum absolute atomic E-state index is 5.75. The van der Waals surface area contributed by atoms with Crippen LogP contribution in [0.15, 0.2) is 48.5 Å². The van der Waals surface area contributed by atoms with Crippen LogP contribution in [0.2, 0.25) is 0 Å². The average Bonchev–Trinajstić information content (AvgIpc) is 3.43. The van der Waals surface area contributed by atoms with Crippen molar-refractivity contribution in [2.45, 2.75) is 45.4 Å². The molecule has 0 aliphatic carbocycles. The quantitative estimate of drug-likeness (QED) is 0.399. The van der Waals surface area contributed by atoms with Crippen LogP contribution in [0, 0.1) is 0 Å². The molecule has 2 heterocycles. The molecule has 1 aromatic heterocycles. The number of rotatable bonds is 8. The Morgan fingerprint density at radius 2 is 1.79 bits per heavy atom. The minimum atomic E-state index is -0.00293. The zero-order valence-electron chi connectivity index (χ0n) is 16.7. The first-order chi connectivity index (χ1) is 14.3. The highest BCUT2D eigenvalue weighted by Crippen LogP contribution is 2.28. The van der Waals surface area contributed by atoms with Crippen molar-refractivity contribution in [1.82, 2.24) is 36.7 Å². The SMILES string of the molecule is CCCCc1nc(CN)nn1Cc1ccc(-c2ccccc2C2NNNN2)cc1. The first-order valence-electron chi connectivity index (χ1n) is 10.1. The molecule has 0 radical (unpaired) electrons. The Bertz CT molecular complexity index is 928. The zero-order chi connectivity index (χ0) is 20.1. The first kappa shape index (κ1) is 19.7. The molecule has 2 aromatic carbocycles. The Labute approximate surface area is 170 Å². The van der Waals surface area contributed by atoms with Gasteiger partial charge in [-0.2, -0.15) is 16.2 Å². The summed E-state index contributed by atoms with van der Waals surface area (Å²) in [7, 11) is 0. The predicted molar refractivity (Wildman–Crippen MR) is 113 cm³/mol. The highest BCUT2D eigenvalue weighted by molar-refractivity contribution is 5.68. The molecule has 0 unspecified atom stereocenters. The number of hydrogen-bond donors (Lipinski definition) is 5. The molecule has 3 aromatic rings. The summed E-state index contributed by atoms with van der Waals surface area (Å²) in [6.07, 6.45) is 3.16. The molecular formula is C21H28N8. The minimum Gasteiger partial charge on any atom is -0.324 e. The Morgan fingerprint density at radius 1 is 1.03 bits per heavy atom. The third kappa shape index (κ3) is 4.52. The molecule has 6 N–H and O–H groups in total. The van der Waals surface area contributed by atoms with Gasteiger partial charge in [-0.3, -0.25) is 0 Å². The Hall–Kier alpha value is -2.62. The third-order valence-electron chi connectivity index (χ3n) is 5.09. The van der Waals surface area contributed by atoms with Crippen LogP contribution < -0.4 is 27.7 Å². The second-order valence-corrected chi connectivity index (χ2v) is 7.17. The molecule has 0 spiro atoms. The van der Waals surface area contributed by atoms with E-state index in [4.69, 9.17) is 5.73 Å². The lowest BCUT2D eigenvalue weighted by Gasteiger charge is -2.15. The molecule has 1 aliphatic heterocycles. The van der Waals surface area contributed by atoms with Crippen molar-refractivity contribution in [3.05, 3.63) is 71.3 Å². The van der Waals surface area contributed by atoms with Gasteiger partial charge in [0.1, 0.15) is 12.0 Å². The summed E-state index contributed by atoms with van der Waals surface area (Å²) in [5, 5.41) is 4.57. The van der Waals surface area contributed by atoms with Crippen molar-refractivity contribution in [1.29, 1.82) is 0 Å². The predicted octanol–water partition coefficient (Wildman–Crippen LogP) is 1.91. The molecule has 29 heavy (non-hydrogen) atoms. The van der Waals surface area contributed by atoms with E-state index in [-0.39, 0.29) is 6.17 Å². The molecule has 0 saturated carbocycles. The third-order valence-corrected chi connectivity index (χ3v) is 5.09. The monoisotopic (exact) mass is 392 g/mol. The normalized spacial score (nSPS) is 14.6. The molecule has 8 nitrogen and oxygen atoms in total. The summed E-state index contributed by atoms with van der Waals surface area (Å²) in [6, 6.07) is 17.0. The van der Waals surface area contributed by atoms with Crippen LogP contribution in [0.25, 0.3) is 11.1 Å². The molecule has 1 fully saturated rings. The van der Waals surface area contributed by atoms with Gasteiger partial charge in [-0.05, 0) is 28.7 Å². The van der Waals surface area contributed by atoms with E-state index in [1.807, 2.05) is 10.7 Å². The van der Waals surface area contributed by atoms with E-state index >= 15 is 0 Å². The van der Waals surface area contributed by atoms with E-state index in [1.165, 1.54) is 22.3 Å². The van der Waals surface area contributed by atoms with Crippen LogP contribution in [0.3, 0.4) is 0 Å². The van der Waals surface area contributed by atoms with E-state index in [0.717, 1.165) is 25.1 Å². The largest absolute Gasteiger partial charge is 0.324 e. The second-order valence-electron chi connectivity index (χ2n) is 7.17. The maximum atomic E-state index is 5.75. The molecule has 1 aliphatic rings. The Kier molecular flexibility index (Phi) is 6.28. The van der Waals surface area contributed by atoms with Crippen LogP contribution in [0.5, 0.6) is 0 Å². The number of hydrazine groups is 3. The van der Waals surface area contributed by atoms with Crippen molar-refractivity contribution < 1.29 is 0 Å². The van der Waals surface area contributed by atoms with Crippen LogP contribution in [-0.4, -0.2) is 14.8 Å². The standard InChI is InChI=1S/C21H28N8/c1-2-3-8-20-23-19(13-22)26-29(20)14-15-9-11-16(12-10-15)17-6-4-5-7-18(17)21-24-27-28-25-21/h4-7,9-12,21,24-25,27-28H,2-3,8,13-14,22H2,1H3. The lowest BCUT2D eigenvalue weighted by Crippen LogP contribution is -2.33. The summed E-state index contributed by atoms with van der Waals surface area (Å²) in [5.74, 6) is 1.72. The molecule has 0 amide bonds. The lowest BCUT2D eigenvalue weighted by molar-refractivity contribution is 0.556. The first-order valence-corrected chi connectivity index (χ1v) is 10.1. The van der Waals surface area contributed by atoms with Gasteiger partial charge in [0.15, 0.2) is 5.82 Å². The summed E-state index contributed by atoms with van der Waals surface area (Å²) in [5.41, 5.74) is 22.5. The number of aryl methyl sites for hydroxylation is 1. The number of unbranched alkanes of at least 4 members (excludes halogenated alkanes) is 1. The van der Waals surface area contributed by atoms with Gasteiger partial charge in [0.25, 0.3) is 0 Å². The van der Waals surface area contributed by atoms with E-state index in [0.29, 0.717) is 18.9 Å². The lowest BCUT2D eigenvalue weighted by atomic mass is 9.97. The molecule has 1 saturated heterocycles. The highest BCUT2D eigenvalue weighted by atomic mass is 15.8. The van der Waals surface area contributed by atoms with Crippen molar-refractivity contribution in [3.8, 4) is 11.1 Å². The zero-order valence-corrected chi connectivity index (χ0v) is 16.7. The van der Waals surface area contributed by atoms with Gasteiger partial charge in [-0.1, -0.05) is 61.9 Å². The van der Waals surface area contributed by atoms with E-state index in [9.17, 15) is 0 Å². The van der Waals surface area contributed by atoms with Gasteiger partial charge in [0, 0.05) is 6.42 Å². The summed E-state index contributed by atoms with van der Waals surface area (Å²) >= 11 is 0. The topological polar surface area (TPSA) is 105 Å². The Balaban J connectivity index is 1.54. The van der Waals surface area contributed by atoms with Gasteiger partial charge >= 0.3 is 0 Å². The van der Waals surface area contributed by atoms with Crippen LogP contribution in [0.4, 0.5) is 0 Å². The van der Waals surface area contributed by atoms with Gasteiger partial charge < -0.3 is 5.73 Å². The molecule has 8 heteroatoms. The van der Waals surface area contributed by atoms with E-state index in [1.54, 1.807) is 0 Å². The van der Waals surface area contributed by atoms with Gasteiger partial charge in [-0.15, -0.1) is 0 Å². The van der Waals surface area contributed by atoms with Crippen molar-refractivity contribution in [2.75, 3.05) is 0 Å². The number of nitrogens with zero attached hydrogens (tertiary/aromatic N) is 3. The molecule has 152 valence electrons. The van der Waals surface area contributed by atoms with Crippen LogP contribution in [-0.2, 0) is 19.5 Å². The number of nitrogens with one attached hydrogen (secondary N) is 4. The summed E-state index contributed by atoms with van der Waals surface area (Å²) in [4.78, 5) is 4.58. The highest BCUT2D eigenvalue weighted by Gasteiger charge is 2.18. The maximum Gasteiger partial charge on any atom is 0.164 e. The second kappa shape index (κ2) is 9.25. The van der Waals surface area contributed by atoms with E-state index < -0.39 is 0 Å². The van der Waals surface area contributed by atoms with Gasteiger partial charge in [-0.25, -0.2) is 20.5 Å². The fraction of sp³-hybridized carbons (Fsp3) is 0.333. The van der Waals surface area contributed by atoms with Gasteiger partial charge in [0.05, 0.1) is 13.1 Å². The smallest absolute Gasteiger partial charge is 0.164 e. The van der Waals surface area contributed by atoms with Crippen molar-refractivity contribution in [3.63, 3.8) is 0 Å². The summed E-state index contributed by atoms with van der Waals surface area (Å²) < 4.78 is 1.99. The van der Waals surface area contributed by atoms with Gasteiger partial charge in [0.2, 0.25) is 0 Å². The van der Waals surface area contributed by atoms with Crippen LogP contribution in [0.1, 0.15) is 48.7 Å². The fourth-order valence-corrected chi connectivity index (χ4v) is 3.54. The molecule has 4 rings (SSSR count). The molecule has 0 atom stereocenters. The number of benzene rings is 2. The average molecular weight is 393 g/mol. The number of nitrogens with two attached hydrogens (primary N) is 1. The fourth-order valence-electron chi connectivity index (χ4n) is 3.54. The van der Waals surface area contributed by atoms with Crippen molar-refractivity contribution in [2.24, 2.45) is 5.73 Å². The Morgan fingerprint density at radius 3 is 2.52 bits per heavy atom. The van der Waals surface area contributed by atoms with Crippen molar-refractivity contribution >= 4 is 0 Å². The van der Waals surface area contributed by atoms with E-state index in [2.05, 4.69) is 81.4 Å². The minimum absolute atomic E-state index is 0.00293. The molecule has 0 bridgehead atoms. The van der Waals surface area contributed by atoms with Crippen LogP contribution >= 0.6 is 0 Å². The number of aromatic nitrogens is 3. The number of hydrogen-bond acceptors (Lipinski definition) is 7. The summed E-state index contributed by atoms with van der Waals surface area (Å²) in [6.45, 7) is 3.26. The molecular weight excluding hydrogens is 364 g/mol.